The standard InChI is InChI=1S/C15H13N5O3/c1-6-7(3-2-4-8(6)21)9-10(16)12(14(17)22)20-13-11(9)18-5-19-15(13)23/h2-5,21H,16H2,1H3,(H2,17,22)(H,18,19,23). The van der Waals surface area contributed by atoms with Crippen molar-refractivity contribution in [1.82, 2.24) is 15.0 Å². The summed E-state index contributed by atoms with van der Waals surface area (Å²) in [4.78, 5) is 34.1. The lowest BCUT2D eigenvalue weighted by Gasteiger charge is -2.14. The fourth-order valence-corrected chi connectivity index (χ4v) is 2.45. The van der Waals surface area contributed by atoms with Crippen LogP contribution in [0, 0.1) is 6.92 Å². The highest BCUT2D eigenvalue weighted by molar-refractivity contribution is 6.07. The summed E-state index contributed by atoms with van der Waals surface area (Å²) in [6, 6.07) is 4.85. The first-order valence-corrected chi connectivity index (χ1v) is 6.67. The van der Waals surface area contributed by atoms with Crippen LogP contribution in [0.4, 0.5) is 5.69 Å². The van der Waals surface area contributed by atoms with E-state index in [0.717, 1.165) is 0 Å². The molecule has 8 nitrogen and oxygen atoms in total. The van der Waals surface area contributed by atoms with Crippen molar-refractivity contribution in [2.24, 2.45) is 5.73 Å². The molecule has 0 bridgehead atoms. The lowest BCUT2D eigenvalue weighted by molar-refractivity contribution is 0.0997. The van der Waals surface area contributed by atoms with Crippen LogP contribution in [0.25, 0.3) is 22.2 Å². The molecule has 0 saturated carbocycles. The van der Waals surface area contributed by atoms with E-state index in [1.807, 2.05) is 0 Å². The van der Waals surface area contributed by atoms with Gasteiger partial charge >= 0.3 is 0 Å². The van der Waals surface area contributed by atoms with Gasteiger partial charge in [-0.2, -0.15) is 0 Å². The second-order valence-electron chi connectivity index (χ2n) is 4.99. The quantitative estimate of drug-likeness (QED) is 0.547. The van der Waals surface area contributed by atoms with E-state index >= 15 is 0 Å². The maximum Gasteiger partial charge on any atom is 0.277 e. The largest absolute Gasteiger partial charge is 0.508 e. The SMILES string of the molecule is Cc1c(O)cccc1-c1c(N)c(C(N)=O)nc2c(=O)[nH]cnc12. The maximum atomic E-state index is 12.0. The molecule has 0 aliphatic rings. The fraction of sp³-hybridized carbons (Fsp3) is 0.0667. The summed E-state index contributed by atoms with van der Waals surface area (Å²) >= 11 is 0. The summed E-state index contributed by atoms with van der Waals surface area (Å²) in [6.45, 7) is 1.69. The number of phenols is 1. The molecule has 8 heteroatoms. The van der Waals surface area contributed by atoms with Crippen LogP contribution < -0.4 is 17.0 Å². The van der Waals surface area contributed by atoms with Crippen LogP contribution in [-0.4, -0.2) is 26.0 Å². The van der Waals surface area contributed by atoms with Gasteiger partial charge in [0.1, 0.15) is 11.3 Å². The second-order valence-corrected chi connectivity index (χ2v) is 4.99. The Morgan fingerprint density at radius 3 is 2.74 bits per heavy atom. The molecule has 0 radical (unpaired) electrons. The van der Waals surface area contributed by atoms with Crippen LogP contribution in [0.1, 0.15) is 16.1 Å². The minimum absolute atomic E-state index is 0.0109. The van der Waals surface area contributed by atoms with Crippen LogP contribution in [-0.2, 0) is 0 Å². The Balaban J connectivity index is 2.55. The van der Waals surface area contributed by atoms with Crippen molar-refractivity contribution in [3.8, 4) is 16.9 Å². The van der Waals surface area contributed by atoms with Crippen LogP contribution in [0.3, 0.4) is 0 Å². The summed E-state index contributed by atoms with van der Waals surface area (Å²) in [5.74, 6) is -0.802. The number of carbonyl (C=O) groups is 1. The number of phenolic OH excluding ortho intramolecular Hbond substituents is 1. The molecular weight excluding hydrogens is 298 g/mol. The monoisotopic (exact) mass is 311 g/mol. The summed E-state index contributed by atoms with van der Waals surface area (Å²) in [5, 5.41) is 9.92. The molecule has 0 fully saturated rings. The molecule has 3 aromatic rings. The summed E-state index contributed by atoms with van der Waals surface area (Å²) in [6.07, 6.45) is 1.22. The number of carbonyl (C=O) groups excluding carboxylic acids is 1. The molecule has 0 aliphatic carbocycles. The topological polar surface area (TPSA) is 148 Å². The molecule has 0 atom stereocenters. The number of primary amides is 1. The van der Waals surface area contributed by atoms with Gasteiger partial charge in [-0.1, -0.05) is 12.1 Å². The average Bonchev–Trinajstić information content (AvgIpc) is 2.50. The smallest absolute Gasteiger partial charge is 0.277 e. The average molecular weight is 311 g/mol. The fourth-order valence-electron chi connectivity index (χ4n) is 2.45. The predicted molar refractivity (Wildman–Crippen MR) is 84.9 cm³/mol. The molecule has 3 rings (SSSR count). The molecule has 0 unspecified atom stereocenters. The van der Waals surface area contributed by atoms with E-state index in [-0.39, 0.29) is 28.2 Å². The van der Waals surface area contributed by atoms with Gasteiger partial charge < -0.3 is 21.6 Å². The van der Waals surface area contributed by atoms with Crippen molar-refractivity contribution < 1.29 is 9.90 Å². The highest BCUT2D eigenvalue weighted by Crippen LogP contribution is 2.37. The molecular formula is C15H13N5O3. The normalized spacial score (nSPS) is 10.8. The van der Waals surface area contributed by atoms with Gasteiger partial charge in [-0.3, -0.25) is 9.59 Å². The molecule has 2 aromatic heterocycles. The number of H-pyrrole nitrogens is 1. The van der Waals surface area contributed by atoms with Gasteiger partial charge in [0.15, 0.2) is 11.2 Å². The van der Waals surface area contributed by atoms with E-state index < -0.39 is 11.5 Å². The van der Waals surface area contributed by atoms with Crippen molar-refractivity contribution in [3.05, 3.63) is 46.1 Å². The number of aromatic hydroxyl groups is 1. The molecule has 0 aliphatic heterocycles. The molecule has 116 valence electrons. The molecule has 0 saturated heterocycles. The first-order valence-electron chi connectivity index (χ1n) is 6.67. The zero-order chi connectivity index (χ0) is 16.7. The van der Waals surface area contributed by atoms with Gasteiger partial charge in [0.25, 0.3) is 11.5 Å². The number of nitrogen functional groups attached to an aromatic ring is 1. The second kappa shape index (κ2) is 5.09. The van der Waals surface area contributed by atoms with E-state index in [0.29, 0.717) is 16.7 Å². The number of hydrogen-bond donors (Lipinski definition) is 4. The van der Waals surface area contributed by atoms with Crippen molar-refractivity contribution in [3.63, 3.8) is 0 Å². The first kappa shape index (κ1) is 14.5. The Kier molecular flexibility index (Phi) is 3.21. The third-order valence-electron chi connectivity index (χ3n) is 3.62. The maximum absolute atomic E-state index is 12.0. The zero-order valence-corrected chi connectivity index (χ0v) is 12.1. The Hall–Kier alpha value is -3.42. The van der Waals surface area contributed by atoms with Crippen LogP contribution in [0.2, 0.25) is 0 Å². The van der Waals surface area contributed by atoms with Gasteiger partial charge in [0, 0.05) is 5.56 Å². The highest BCUT2D eigenvalue weighted by atomic mass is 16.3. The number of fused-ring (bicyclic) bond motifs is 1. The Labute approximate surface area is 129 Å². The number of pyridine rings is 1. The van der Waals surface area contributed by atoms with Crippen LogP contribution in [0.5, 0.6) is 5.75 Å². The van der Waals surface area contributed by atoms with Gasteiger partial charge in [0.2, 0.25) is 0 Å². The first-order chi connectivity index (χ1) is 10.9. The number of aromatic nitrogens is 3. The third-order valence-corrected chi connectivity index (χ3v) is 3.62. The number of anilines is 1. The number of rotatable bonds is 2. The predicted octanol–water partition coefficient (Wildman–Crippen LogP) is 0.680. The molecule has 2 heterocycles. The minimum Gasteiger partial charge on any atom is -0.508 e. The van der Waals surface area contributed by atoms with E-state index in [1.165, 1.54) is 12.4 Å². The van der Waals surface area contributed by atoms with Gasteiger partial charge in [-0.15, -0.1) is 0 Å². The summed E-state index contributed by atoms with van der Waals surface area (Å²) in [5.41, 5.74) is 12.2. The third kappa shape index (κ3) is 2.16. The van der Waals surface area contributed by atoms with Gasteiger partial charge in [-0.25, -0.2) is 9.97 Å². The van der Waals surface area contributed by atoms with Crippen molar-refractivity contribution in [2.75, 3.05) is 5.73 Å². The Morgan fingerprint density at radius 1 is 1.30 bits per heavy atom. The lowest BCUT2D eigenvalue weighted by atomic mass is 9.96. The number of aromatic amines is 1. The molecule has 6 N–H and O–H groups in total. The number of nitrogens with zero attached hydrogens (tertiary/aromatic N) is 2. The number of amides is 1. The molecule has 1 amide bonds. The van der Waals surface area contributed by atoms with E-state index in [9.17, 15) is 14.7 Å². The summed E-state index contributed by atoms with van der Waals surface area (Å²) < 4.78 is 0. The zero-order valence-electron chi connectivity index (χ0n) is 12.1. The van der Waals surface area contributed by atoms with Crippen LogP contribution in [0.15, 0.2) is 29.3 Å². The number of nitrogens with two attached hydrogens (primary N) is 2. The van der Waals surface area contributed by atoms with E-state index in [2.05, 4.69) is 15.0 Å². The van der Waals surface area contributed by atoms with Crippen molar-refractivity contribution in [2.45, 2.75) is 6.92 Å². The highest BCUT2D eigenvalue weighted by Gasteiger charge is 2.21. The number of hydrogen-bond acceptors (Lipinski definition) is 6. The van der Waals surface area contributed by atoms with Crippen molar-refractivity contribution in [1.29, 1.82) is 0 Å². The molecule has 23 heavy (non-hydrogen) atoms. The molecule has 0 spiro atoms. The van der Waals surface area contributed by atoms with Gasteiger partial charge in [-0.05, 0) is 24.1 Å². The molecule has 1 aromatic carbocycles. The van der Waals surface area contributed by atoms with E-state index in [4.69, 9.17) is 11.5 Å². The van der Waals surface area contributed by atoms with Crippen LogP contribution >= 0.6 is 0 Å². The van der Waals surface area contributed by atoms with E-state index in [1.54, 1.807) is 19.1 Å². The number of nitrogens with one attached hydrogen (secondary N) is 1. The van der Waals surface area contributed by atoms with Crippen molar-refractivity contribution >= 4 is 22.6 Å². The lowest BCUT2D eigenvalue weighted by Crippen LogP contribution is -2.19. The number of benzene rings is 1. The Morgan fingerprint density at radius 2 is 2.04 bits per heavy atom. The van der Waals surface area contributed by atoms with Gasteiger partial charge in [0.05, 0.1) is 12.0 Å². The minimum atomic E-state index is -0.855. The Bertz CT molecular complexity index is 1010. The summed E-state index contributed by atoms with van der Waals surface area (Å²) in [7, 11) is 0.